The summed E-state index contributed by atoms with van der Waals surface area (Å²) in [7, 11) is 3.36. The zero-order valence-electron chi connectivity index (χ0n) is 15.6. The summed E-state index contributed by atoms with van der Waals surface area (Å²) in [6, 6.07) is 16.5. The van der Waals surface area contributed by atoms with Gasteiger partial charge in [-0.25, -0.2) is 0 Å². The Morgan fingerprint density at radius 3 is 1.88 bits per heavy atom. The van der Waals surface area contributed by atoms with Crippen molar-refractivity contribution in [2.75, 3.05) is 40.5 Å². The molecule has 0 aromatic heterocycles. The Morgan fingerprint density at radius 2 is 1.38 bits per heavy atom. The molecule has 1 aliphatic rings. The Labute approximate surface area is 155 Å². The van der Waals surface area contributed by atoms with Crippen LogP contribution in [0.4, 0.5) is 0 Å². The number of hydrogen-bond acceptors (Lipinski definition) is 5. The van der Waals surface area contributed by atoms with Crippen LogP contribution in [0.25, 0.3) is 0 Å². The van der Waals surface area contributed by atoms with Gasteiger partial charge >= 0.3 is 0 Å². The average Bonchev–Trinajstić information content (AvgIpc) is 2.70. The molecule has 0 amide bonds. The Bertz CT molecular complexity index is 673. The van der Waals surface area contributed by atoms with Crippen LogP contribution in [0.5, 0.6) is 11.5 Å². The van der Waals surface area contributed by atoms with Gasteiger partial charge in [0.15, 0.2) is 0 Å². The molecule has 1 N–H and O–H groups in total. The van der Waals surface area contributed by atoms with E-state index in [1.165, 1.54) is 11.1 Å². The summed E-state index contributed by atoms with van der Waals surface area (Å²) in [6.07, 6.45) is 0. The van der Waals surface area contributed by atoms with Crippen molar-refractivity contribution in [3.8, 4) is 11.5 Å². The molecule has 0 spiro atoms. The zero-order chi connectivity index (χ0) is 18.4. The highest BCUT2D eigenvalue weighted by Crippen LogP contribution is 2.19. The second-order valence-corrected chi connectivity index (χ2v) is 6.74. The van der Waals surface area contributed by atoms with Crippen molar-refractivity contribution in [3.63, 3.8) is 0 Å². The van der Waals surface area contributed by atoms with Crippen LogP contribution in [0.1, 0.15) is 11.1 Å². The van der Waals surface area contributed by atoms with E-state index >= 15 is 0 Å². The van der Waals surface area contributed by atoms with Gasteiger partial charge in [-0.1, -0.05) is 24.3 Å². The summed E-state index contributed by atoms with van der Waals surface area (Å²) in [5.41, 5.74) is 2.51. The van der Waals surface area contributed by atoms with E-state index in [-0.39, 0.29) is 12.6 Å². The van der Waals surface area contributed by atoms with Gasteiger partial charge in [-0.15, -0.1) is 0 Å². The number of hydrogen-bond donors (Lipinski definition) is 1. The lowest BCUT2D eigenvalue weighted by Gasteiger charge is -2.40. The van der Waals surface area contributed by atoms with Crippen molar-refractivity contribution in [1.29, 1.82) is 0 Å². The maximum Gasteiger partial charge on any atom is 0.118 e. The quantitative estimate of drug-likeness (QED) is 0.825. The largest absolute Gasteiger partial charge is 0.497 e. The molecule has 0 aliphatic carbocycles. The van der Waals surface area contributed by atoms with E-state index < -0.39 is 0 Å². The van der Waals surface area contributed by atoms with Gasteiger partial charge in [-0.05, 0) is 35.4 Å². The first-order valence-corrected chi connectivity index (χ1v) is 9.05. The van der Waals surface area contributed by atoms with Crippen LogP contribution in [-0.4, -0.2) is 61.4 Å². The molecular weight excluding hydrogens is 328 g/mol. The van der Waals surface area contributed by atoms with Crippen molar-refractivity contribution in [2.45, 2.75) is 19.1 Å². The lowest BCUT2D eigenvalue weighted by atomic mass is 10.1. The highest BCUT2D eigenvalue weighted by molar-refractivity contribution is 5.28. The molecule has 1 fully saturated rings. The van der Waals surface area contributed by atoms with Gasteiger partial charge in [-0.3, -0.25) is 9.80 Å². The van der Waals surface area contributed by atoms with Gasteiger partial charge in [0.2, 0.25) is 0 Å². The lowest BCUT2D eigenvalue weighted by molar-refractivity contribution is 0.0316. The summed E-state index contributed by atoms with van der Waals surface area (Å²) in [5.74, 6) is 1.75. The number of aliphatic hydroxyl groups is 1. The van der Waals surface area contributed by atoms with Crippen molar-refractivity contribution >= 4 is 0 Å². The third-order valence-corrected chi connectivity index (χ3v) is 5.01. The Kier molecular flexibility index (Phi) is 6.50. The highest BCUT2D eigenvalue weighted by atomic mass is 16.5. The van der Waals surface area contributed by atoms with Gasteiger partial charge in [0.25, 0.3) is 0 Å². The molecule has 5 heteroatoms. The number of aliphatic hydroxyl groups excluding tert-OH is 1. The van der Waals surface area contributed by atoms with Crippen LogP contribution < -0.4 is 9.47 Å². The summed E-state index contributed by atoms with van der Waals surface area (Å²) in [5, 5.41) is 9.87. The minimum absolute atomic E-state index is 0.157. The number of piperazine rings is 1. The molecule has 0 bridgehead atoms. The minimum Gasteiger partial charge on any atom is -0.497 e. The van der Waals surface area contributed by atoms with Crippen molar-refractivity contribution in [1.82, 2.24) is 9.80 Å². The summed E-state index contributed by atoms with van der Waals surface area (Å²) in [6.45, 7) is 4.75. The maximum absolute atomic E-state index is 9.87. The first-order chi connectivity index (χ1) is 12.7. The molecule has 3 rings (SSSR count). The molecular formula is C21H28N2O3. The SMILES string of the molecule is COc1ccc(CN2CCN(Cc3ccc(OC)cc3)C(CO)C2)cc1. The number of methoxy groups -OCH3 is 2. The normalized spacial score (nSPS) is 18.7. The number of rotatable bonds is 7. The van der Waals surface area contributed by atoms with Gasteiger partial charge in [0.05, 0.1) is 20.8 Å². The summed E-state index contributed by atoms with van der Waals surface area (Å²) < 4.78 is 10.4. The monoisotopic (exact) mass is 356 g/mol. The molecule has 1 atom stereocenters. The molecule has 1 unspecified atom stereocenters. The summed E-state index contributed by atoms with van der Waals surface area (Å²) >= 11 is 0. The van der Waals surface area contributed by atoms with Gasteiger partial charge in [-0.2, -0.15) is 0 Å². The lowest BCUT2D eigenvalue weighted by Crippen LogP contribution is -2.53. The van der Waals surface area contributed by atoms with Crippen LogP contribution in [0.3, 0.4) is 0 Å². The third-order valence-electron chi connectivity index (χ3n) is 5.01. The van der Waals surface area contributed by atoms with E-state index in [9.17, 15) is 5.11 Å². The fourth-order valence-corrected chi connectivity index (χ4v) is 3.44. The predicted octanol–water partition coefficient (Wildman–Crippen LogP) is 2.38. The molecule has 140 valence electrons. The predicted molar refractivity (Wildman–Crippen MR) is 103 cm³/mol. The van der Waals surface area contributed by atoms with E-state index in [2.05, 4.69) is 34.1 Å². The number of benzene rings is 2. The van der Waals surface area contributed by atoms with E-state index in [0.717, 1.165) is 44.2 Å². The van der Waals surface area contributed by atoms with Crippen LogP contribution in [0.2, 0.25) is 0 Å². The molecule has 2 aromatic rings. The second kappa shape index (κ2) is 9.03. The smallest absolute Gasteiger partial charge is 0.118 e. The molecule has 1 heterocycles. The van der Waals surface area contributed by atoms with E-state index in [1.54, 1.807) is 14.2 Å². The Morgan fingerprint density at radius 1 is 0.846 bits per heavy atom. The number of ether oxygens (including phenoxy) is 2. The highest BCUT2D eigenvalue weighted by Gasteiger charge is 2.26. The van der Waals surface area contributed by atoms with Crippen LogP contribution in [-0.2, 0) is 13.1 Å². The first-order valence-electron chi connectivity index (χ1n) is 9.05. The second-order valence-electron chi connectivity index (χ2n) is 6.74. The Hall–Kier alpha value is -2.08. The fourth-order valence-electron chi connectivity index (χ4n) is 3.44. The van der Waals surface area contributed by atoms with Gasteiger partial charge in [0, 0.05) is 38.8 Å². The molecule has 1 saturated heterocycles. The molecule has 2 aromatic carbocycles. The standard InChI is InChI=1S/C21H28N2O3/c1-25-20-7-3-17(4-8-20)13-22-11-12-23(19(15-22)16-24)14-18-5-9-21(26-2)10-6-18/h3-10,19,24H,11-16H2,1-2H3. The fraction of sp³-hybridized carbons (Fsp3) is 0.429. The molecule has 0 radical (unpaired) electrons. The van der Waals surface area contributed by atoms with E-state index in [1.807, 2.05) is 24.3 Å². The zero-order valence-corrected chi connectivity index (χ0v) is 15.6. The molecule has 0 saturated carbocycles. The molecule has 5 nitrogen and oxygen atoms in total. The van der Waals surface area contributed by atoms with Crippen molar-refractivity contribution < 1.29 is 14.6 Å². The summed E-state index contributed by atoms with van der Waals surface area (Å²) in [4.78, 5) is 4.78. The van der Waals surface area contributed by atoms with E-state index in [0.29, 0.717) is 0 Å². The number of nitrogens with zero attached hydrogens (tertiary/aromatic N) is 2. The van der Waals surface area contributed by atoms with Gasteiger partial charge in [0.1, 0.15) is 11.5 Å². The van der Waals surface area contributed by atoms with Crippen LogP contribution in [0.15, 0.2) is 48.5 Å². The van der Waals surface area contributed by atoms with Crippen molar-refractivity contribution in [2.24, 2.45) is 0 Å². The maximum atomic E-state index is 9.87. The first kappa shape index (κ1) is 18.7. The van der Waals surface area contributed by atoms with Gasteiger partial charge < -0.3 is 14.6 Å². The third kappa shape index (κ3) is 4.75. The van der Waals surface area contributed by atoms with Crippen LogP contribution >= 0.6 is 0 Å². The molecule has 1 aliphatic heterocycles. The minimum atomic E-state index is 0.157. The molecule has 26 heavy (non-hydrogen) atoms. The average molecular weight is 356 g/mol. The van der Waals surface area contributed by atoms with Crippen LogP contribution in [0, 0.1) is 0 Å². The van der Waals surface area contributed by atoms with Crippen molar-refractivity contribution in [3.05, 3.63) is 59.7 Å². The Balaban J connectivity index is 1.56. The van der Waals surface area contributed by atoms with E-state index in [4.69, 9.17) is 9.47 Å². The topological polar surface area (TPSA) is 45.2 Å².